The number of rotatable bonds is 8. The van der Waals surface area contributed by atoms with Crippen LogP contribution < -0.4 is 15.4 Å². The lowest BCUT2D eigenvalue weighted by molar-refractivity contribution is -0.0139. The highest BCUT2D eigenvalue weighted by atomic mass is 19.1. The lowest BCUT2D eigenvalue weighted by atomic mass is 9.88. The van der Waals surface area contributed by atoms with E-state index in [1.807, 2.05) is 6.92 Å². The van der Waals surface area contributed by atoms with Gasteiger partial charge in [-0.05, 0) is 64.8 Å². The zero-order valence-corrected chi connectivity index (χ0v) is 17.8. The highest BCUT2D eigenvalue weighted by Crippen LogP contribution is 2.31. The summed E-state index contributed by atoms with van der Waals surface area (Å²) in [6.07, 6.45) is 4.51. The van der Waals surface area contributed by atoms with Crippen molar-refractivity contribution in [3.63, 3.8) is 0 Å². The van der Waals surface area contributed by atoms with Crippen LogP contribution in [0.5, 0.6) is 5.75 Å². The summed E-state index contributed by atoms with van der Waals surface area (Å²) in [6.45, 7) is 10.1. The predicted molar refractivity (Wildman–Crippen MR) is 114 cm³/mol. The van der Waals surface area contributed by atoms with Gasteiger partial charge in [-0.3, -0.25) is 9.89 Å². The van der Waals surface area contributed by atoms with Crippen LogP contribution in [0.25, 0.3) is 0 Å². The summed E-state index contributed by atoms with van der Waals surface area (Å²) >= 11 is 0. The zero-order valence-electron chi connectivity index (χ0n) is 17.8. The van der Waals surface area contributed by atoms with E-state index in [9.17, 15) is 4.39 Å². The van der Waals surface area contributed by atoms with Gasteiger partial charge in [0, 0.05) is 31.4 Å². The molecule has 3 rings (SSSR count). The summed E-state index contributed by atoms with van der Waals surface area (Å²) < 4.78 is 24.8. The number of hydrogen-bond donors (Lipinski definition) is 2. The van der Waals surface area contributed by atoms with Crippen molar-refractivity contribution in [2.75, 3.05) is 45.9 Å². The summed E-state index contributed by atoms with van der Waals surface area (Å²) in [6, 6.07) is 6.24. The van der Waals surface area contributed by atoms with Crippen molar-refractivity contribution in [3.8, 4) is 5.75 Å². The molecule has 0 saturated carbocycles. The van der Waals surface area contributed by atoms with Gasteiger partial charge in [0.1, 0.15) is 17.7 Å². The second-order valence-electron chi connectivity index (χ2n) is 7.99. The van der Waals surface area contributed by atoms with Gasteiger partial charge in [0.05, 0.1) is 13.1 Å². The Morgan fingerprint density at radius 1 is 1.28 bits per heavy atom. The molecule has 0 spiro atoms. The summed E-state index contributed by atoms with van der Waals surface area (Å²) in [4.78, 5) is 7.55. The van der Waals surface area contributed by atoms with E-state index in [2.05, 4.69) is 22.5 Å². The first-order valence-corrected chi connectivity index (χ1v) is 10.9. The number of guanidine groups is 1. The Morgan fingerprint density at radius 3 is 2.72 bits per heavy atom. The first kappa shape index (κ1) is 21.8. The molecule has 29 heavy (non-hydrogen) atoms. The molecule has 1 aromatic rings. The molecule has 1 atom stereocenters. The molecule has 2 aliphatic heterocycles. The van der Waals surface area contributed by atoms with Crippen LogP contribution in [-0.4, -0.2) is 68.4 Å². The number of nitrogens with zero attached hydrogens (tertiary/aromatic N) is 2. The highest BCUT2D eigenvalue weighted by Gasteiger charge is 2.39. The number of aliphatic imine (C=N–C) groups is 1. The van der Waals surface area contributed by atoms with Gasteiger partial charge in [0.2, 0.25) is 0 Å². The van der Waals surface area contributed by atoms with Crippen LogP contribution in [0.2, 0.25) is 0 Å². The van der Waals surface area contributed by atoms with E-state index in [0.29, 0.717) is 12.3 Å². The Kier molecular flexibility index (Phi) is 8.12. The van der Waals surface area contributed by atoms with Crippen LogP contribution in [0.1, 0.15) is 39.5 Å². The molecule has 2 fully saturated rings. The van der Waals surface area contributed by atoms with Gasteiger partial charge in [-0.2, -0.15) is 0 Å². The fraction of sp³-hybridized carbons (Fsp3) is 0.682. The Bertz CT molecular complexity index is 658. The topological polar surface area (TPSA) is 58.1 Å². The third-order valence-corrected chi connectivity index (χ3v) is 5.77. The molecule has 1 unspecified atom stereocenters. The summed E-state index contributed by atoms with van der Waals surface area (Å²) in [5.74, 6) is 1.05. The molecule has 0 aliphatic carbocycles. The second kappa shape index (κ2) is 10.8. The lowest BCUT2D eigenvalue weighted by Gasteiger charge is -2.43. The Morgan fingerprint density at radius 2 is 2.03 bits per heavy atom. The number of likely N-dealkylation sites (tertiary alicyclic amines) is 1. The normalized spacial score (nSPS) is 21.0. The van der Waals surface area contributed by atoms with Crippen molar-refractivity contribution in [1.29, 1.82) is 0 Å². The number of nitrogens with one attached hydrogen (secondary N) is 2. The van der Waals surface area contributed by atoms with Crippen LogP contribution in [0.15, 0.2) is 29.3 Å². The maximum absolute atomic E-state index is 13.3. The maximum atomic E-state index is 13.3. The SMILES string of the molecule is CCNC(=NCC1(N2CCCC2)CCOCC1)NCC(C)Oc1cccc(F)c1. The first-order valence-electron chi connectivity index (χ1n) is 10.9. The largest absolute Gasteiger partial charge is 0.489 e. The zero-order chi connectivity index (χ0) is 20.5. The van der Waals surface area contributed by atoms with Crippen molar-refractivity contribution in [2.45, 2.75) is 51.2 Å². The molecule has 162 valence electrons. The molecular weight excluding hydrogens is 371 g/mol. The monoisotopic (exact) mass is 406 g/mol. The maximum Gasteiger partial charge on any atom is 0.191 e. The van der Waals surface area contributed by atoms with Crippen LogP contribution >= 0.6 is 0 Å². The van der Waals surface area contributed by atoms with Crippen molar-refractivity contribution in [1.82, 2.24) is 15.5 Å². The minimum atomic E-state index is -0.291. The highest BCUT2D eigenvalue weighted by molar-refractivity contribution is 5.79. The van der Waals surface area contributed by atoms with Crippen LogP contribution in [-0.2, 0) is 4.74 Å². The lowest BCUT2D eigenvalue weighted by Crippen LogP contribution is -2.54. The summed E-state index contributed by atoms with van der Waals surface area (Å²) in [7, 11) is 0. The molecule has 0 aromatic heterocycles. The van der Waals surface area contributed by atoms with E-state index >= 15 is 0 Å². The minimum absolute atomic E-state index is 0.112. The third-order valence-electron chi connectivity index (χ3n) is 5.77. The van der Waals surface area contributed by atoms with Crippen LogP contribution in [0, 0.1) is 5.82 Å². The molecule has 2 N–H and O–H groups in total. The molecule has 0 radical (unpaired) electrons. The van der Waals surface area contributed by atoms with E-state index in [1.165, 1.54) is 25.0 Å². The molecule has 6 nitrogen and oxygen atoms in total. The van der Waals surface area contributed by atoms with E-state index in [-0.39, 0.29) is 17.5 Å². The second-order valence-corrected chi connectivity index (χ2v) is 7.99. The molecule has 1 aromatic carbocycles. The smallest absolute Gasteiger partial charge is 0.191 e. The number of halogens is 1. The molecule has 2 heterocycles. The minimum Gasteiger partial charge on any atom is -0.489 e. The molecule has 7 heteroatoms. The Balaban J connectivity index is 1.58. The van der Waals surface area contributed by atoms with Crippen molar-refractivity contribution in [2.24, 2.45) is 4.99 Å². The fourth-order valence-electron chi connectivity index (χ4n) is 4.14. The quantitative estimate of drug-likeness (QED) is 0.514. The molecule has 0 bridgehead atoms. The van der Waals surface area contributed by atoms with Gasteiger partial charge < -0.3 is 20.1 Å². The number of benzene rings is 1. The first-order chi connectivity index (χ1) is 14.1. The van der Waals surface area contributed by atoms with Crippen LogP contribution in [0.4, 0.5) is 4.39 Å². The van der Waals surface area contributed by atoms with Crippen LogP contribution in [0.3, 0.4) is 0 Å². The van der Waals surface area contributed by atoms with Gasteiger partial charge in [0.25, 0.3) is 0 Å². The van der Waals surface area contributed by atoms with Gasteiger partial charge in [0.15, 0.2) is 5.96 Å². The van der Waals surface area contributed by atoms with Crippen molar-refractivity contribution < 1.29 is 13.9 Å². The van der Waals surface area contributed by atoms with Crippen molar-refractivity contribution >= 4 is 5.96 Å². The molecule has 2 aliphatic rings. The van der Waals surface area contributed by atoms with Gasteiger partial charge in [-0.1, -0.05) is 6.07 Å². The van der Waals surface area contributed by atoms with Gasteiger partial charge in [-0.15, -0.1) is 0 Å². The molecular formula is C22H35FN4O2. The predicted octanol–water partition coefficient (Wildman–Crippen LogP) is 2.79. The summed E-state index contributed by atoms with van der Waals surface area (Å²) in [5, 5.41) is 6.70. The molecule has 0 amide bonds. The van der Waals surface area contributed by atoms with E-state index < -0.39 is 0 Å². The van der Waals surface area contributed by atoms with Crippen molar-refractivity contribution in [3.05, 3.63) is 30.1 Å². The Labute approximate surface area is 173 Å². The summed E-state index contributed by atoms with van der Waals surface area (Å²) in [5.41, 5.74) is 0.112. The number of ether oxygens (including phenoxy) is 2. The standard InChI is InChI=1S/C22H35FN4O2/c1-3-24-21(25-16-18(2)29-20-8-6-7-19(23)15-20)26-17-22(9-13-28-14-10-22)27-11-4-5-12-27/h6-8,15,18H,3-5,9-14,16-17H2,1-2H3,(H2,24,25,26). The van der Waals surface area contributed by atoms with E-state index in [4.69, 9.17) is 14.5 Å². The fourth-order valence-corrected chi connectivity index (χ4v) is 4.14. The van der Waals surface area contributed by atoms with E-state index in [0.717, 1.165) is 58.2 Å². The van der Waals surface area contributed by atoms with E-state index in [1.54, 1.807) is 12.1 Å². The third kappa shape index (κ3) is 6.31. The Hall–Kier alpha value is -1.86. The number of hydrogen-bond acceptors (Lipinski definition) is 4. The average Bonchev–Trinajstić information content (AvgIpc) is 3.26. The molecule has 2 saturated heterocycles. The van der Waals surface area contributed by atoms with Gasteiger partial charge >= 0.3 is 0 Å². The van der Waals surface area contributed by atoms with Gasteiger partial charge in [-0.25, -0.2) is 4.39 Å². The average molecular weight is 407 g/mol.